The highest BCUT2D eigenvalue weighted by Crippen LogP contribution is 2.49. The van der Waals surface area contributed by atoms with E-state index in [1.807, 2.05) is 24.3 Å². The number of aromatic nitrogens is 3. The molecule has 0 saturated carbocycles. The average Bonchev–Trinajstić information content (AvgIpc) is 1.48. The minimum Gasteiger partial charge on any atom is -0.458 e. The fourth-order valence-electron chi connectivity index (χ4n) is 15.2. The van der Waals surface area contributed by atoms with Crippen molar-refractivity contribution in [3.63, 3.8) is 0 Å². The number of fused-ring (bicyclic) bond motifs is 21. The molecule has 0 saturated heterocycles. The number of furan rings is 2. The molecule has 0 N–H and O–H groups in total. The molecule has 0 fully saturated rings. The largest absolute Gasteiger partial charge is 0.458 e. The third-order valence-corrected chi connectivity index (χ3v) is 18.6. The molecule has 0 amide bonds. The molecule has 390 valence electrons. The standard InChI is InChI=1S/C76H45BN4O3/c1-41-32-42(2)70(43(3)33-41)46-24-29-68-58(34-46)77-59-39-57-56-38-49(80-62-18-10-6-14-52(62)53-15-7-11-19-63(53)80)26-31-67(56)84-76(57)72-71-64(81(74(59)72)65-35-47(36-69(82-68)73(65)77)45-22-20-44(40-78)21-23-45)28-27-54-55-37-48(25-30-66(55)83-75(54)71)79-60-16-8-4-12-50(60)51-13-5-9-17-61(51)79/h4-39H,1-3H3. The molecule has 2 aliphatic heterocycles. The van der Waals surface area contributed by atoms with Crippen molar-refractivity contribution in [1.82, 2.24) is 13.7 Å². The Bertz CT molecular complexity index is 5770. The minimum absolute atomic E-state index is 0.242. The van der Waals surface area contributed by atoms with E-state index in [-0.39, 0.29) is 6.71 Å². The van der Waals surface area contributed by atoms with E-state index in [4.69, 9.17) is 13.6 Å². The van der Waals surface area contributed by atoms with Gasteiger partial charge in [-0.15, -0.1) is 0 Å². The van der Waals surface area contributed by atoms with E-state index >= 15 is 0 Å². The van der Waals surface area contributed by atoms with Crippen LogP contribution in [0.5, 0.6) is 11.5 Å². The highest BCUT2D eigenvalue weighted by molar-refractivity contribution is 6.99. The van der Waals surface area contributed by atoms with Gasteiger partial charge in [-0.2, -0.15) is 5.26 Å². The average molecular weight is 1070 g/mol. The zero-order chi connectivity index (χ0) is 55.4. The summed E-state index contributed by atoms with van der Waals surface area (Å²) in [7, 11) is 0. The van der Waals surface area contributed by atoms with Crippen LogP contribution in [0.15, 0.2) is 227 Å². The lowest BCUT2D eigenvalue weighted by molar-refractivity contribution is 0.487. The first-order chi connectivity index (χ1) is 41.3. The van der Waals surface area contributed by atoms with Crippen LogP contribution in [-0.2, 0) is 0 Å². The van der Waals surface area contributed by atoms with Crippen LogP contribution >= 0.6 is 0 Å². The monoisotopic (exact) mass is 1070 g/mol. The highest BCUT2D eigenvalue weighted by Gasteiger charge is 2.43. The number of nitrogens with zero attached hydrogens (tertiary/aromatic N) is 4. The number of aryl methyl sites for hydroxylation is 3. The van der Waals surface area contributed by atoms with Crippen LogP contribution in [0.3, 0.4) is 0 Å². The Kier molecular flexibility index (Phi) is 8.89. The molecular weight excluding hydrogens is 1030 g/mol. The highest BCUT2D eigenvalue weighted by atomic mass is 16.5. The van der Waals surface area contributed by atoms with E-state index in [1.165, 1.54) is 43.8 Å². The van der Waals surface area contributed by atoms with Gasteiger partial charge in [0.25, 0.3) is 6.71 Å². The van der Waals surface area contributed by atoms with Crippen LogP contribution in [0, 0.1) is 32.1 Å². The van der Waals surface area contributed by atoms with Crippen molar-refractivity contribution in [3.8, 4) is 56.9 Å². The van der Waals surface area contributed by atoms with Gasteiger partial charge in [0.05, 0.1) is 55.5 Å². The Morgan fingerprint density at radius 2 is 0.964 bits per heavy atom. The van der Waals surface area contributed by atoms with E-state index in [0.29, 0.717) is 5.56 Å². The summed E-state index contributed by atoms with van der Waals surface area (Å²) in [6, 6.07) is 81.1. The van der Waals surface area contributed by atoms with Crippen LogP contribution in [-0.4, -0.2) is 20.4 Å². The van der Waals surface area contributed by atoms with Crippen LogP contribution in [0.1, 0.15) is 22.3 Å². The number of hydrogen-bond acceptors (Lipinski definition) is 4. The lowest BCUT2D eigenvalue weighted by Gasteiger charge is -2.34. The van der Waals surface area contributed by atoms with Gasteiger partial charge in [0.2, 0.25) is 0 Å². The second-order valence-corrected chi connectivity index (χ2v) is 23.2. The number of ether oxygens (including phenoxy) is 1. The number of rotatable bonds is 4. The van der Waals surface area contributed by atoms with Crippen molar-refractivity contribution >= 4 is 132 Å². The van der Waals surface area contributed by atoms with Gasteiger partial charge in [-0.1, -0.05) is 121 Å². The van der Waals surface area contributed by atoms with Crippen molar-refractivity contribution in [2.75, 3.05) is 0 Å². The zero-order valence-electron chi connectivity index (χ0n) is 45.9. The topological polar surface area (TPSA) is 74.1 Å². The third-order valence-electron chi connectivity index (χ3n) is 18.6. The van der Waals surface area contributed by atoms with Crippen molar-refractivity contribution in [1.29, 1.82) is 5.26 Å². The molecule has 19 rings (SSSR count). The van der Waals surface area contributed by atoms with Crippen molar-refractivity contribution in [2.24, 2.45) is 0 Å². The Balaban J connectivity index is 0.950. The summed E-state index contributed by atoms with van der Waals surface area (Å²) in [6.07, 6.45) is 0. The minimum atomic E-state index is -0.242. The van der Waals surface area contributed by atoms with Gasteiger partial charge < -0.3 is 27.3 Å². The number of para-hydroxylation sites is 4. The quantitative estimate of drug-likeness (QED) is 0.165. The molecule has 0 unspecified atom stereocenters. The first-order valence-corrected chi connectivity index (χ1v) is 28.7. The first kappa shape index (κ1) is 45.7. The Morgan fingerprint density at radius 3 is 1.56 bits per heavy atom. The second-order valence-electron chi connectivity index (χ2n) is 23.2. The summed E-state index contributed by atoms with van der Waals surface area (Å²) in [5.41, 5.74) is 25.1. The molecule has 8 heteroatoms. The number of benzene rings is 12. The molecular formula is C76H45BN4O3. The summed E-state index contributed by atoms with van der Waals surface area (Å²) >= 11 is 0. The van der Waals surface area contributed by atoms with Gasteiger partial charge in [0.15, 0.2) is 0 Å². The van der Waals surface area contributed by atoms with Gasteiger partial charge in [-0.25, -0.2) is 0 Å². The molecule has 0 atom stereocenters. The molecule has 2 aliphatic rings. The van der Waals surface area contributed by atoms with Gasteiger partial charge in [0, 0.05) is 60.2 Å². The Morgan fingerprint density at radius 1 is 0.405 bits per heavy atom. The maximum Gasteiger partial charge on any atom is 0.256 e. The SMILES string of the molecule is Cc1cc(C)c(-c2ccc3c(c2)B2c4c(cc(-c5ccc(C#N)cc5)cc4-n4c5ccc6c7cc(-n8c9ccccc9c9ccccc98)ccc7oc6c5c5c6oc7ccc(-n8c9ccccc9c9ccccc98)cc7c6cc2c54)O3)c(C)c1. The van der Waals surface area contributed by atoms with E-state index in [1.54, 1.807) is 0 Å². The fraction of sp³-hybridized carbons (Fsp3) is 0.0395. The smallest absolute Gasteiger partial charge is 0.256 e. The predicted molar refractivity (Wildman–Crippen MR) is 345 cm³/mol. The molecule has 7 nitrogen and oxygen atoms in total. The summed E-state index contributed by atoms with van der Waals surface area (Å²) in [4.78, 5) is 0. The molecule has 0 aliphatic carbocycles. The maximum absolute atomic E-state index is 9.88. The molecule has 5 aromatic heterocycles. The van der Waals surface area contributed by atoms with Crippen molar-refractivity contribution in [2.45, 2.75) is 20.8 Å². The Hall–Kier alpha value is -11.0. The first-order valence-electron chi connectivity index (χ1n) is 28.7. The lowest BCUT2D eigenvalue weighted by atomic mass is 9.34. The third kappa shape index (κ3) is 5.99. The van der Waals surface area contributed by atoms with E-state index in [2.05, 4.69) is 235 Å². The molecule has 0 bridgehead atoms. The summed E-state index contributed by atoms with van der Waals surface area (Å²) in [6.45, 7) is 6.38. The molecule has 0 spiro atoms. The van der Waals surface area contributed by atoms with E-state index in [9.17, 15) is 5.26 Å². The summed E-state index contributed by atoms with van der Waals surface area (Å²) in [5.74, 6) is 1.62. The fourth-order valence-corrected chi connectivity index (χ4v) is 15.2. The van der Waals surface area contributed by atoms with Gasteiger partial charge in [-0.3, -0.25) is 0 Å². The number of nitriles is 1. The van der Waals surface area contributed by atoms with E-state index in [0.717, 1.165) is 149 Å². The summed E-state index contributed by atoms with van der Waals surface area (Å²) in [5, 5.41) is 20.9. The molecule has 12 aromatic carbocycles. The van der Waals surface area contributed by atoms with Crippen LogP contribution < -0.4 is 21.1 Å². The van der Waals surface area contributed by atoms with Crippen molar-refractivity contribution in [3.05, 3.63) is 241 Å². The molecule has 7 heterocycles. The zero-order valence-corrected chi connectivity index (χ0v) is 45.9. The second kappa shape index (κ2) is 16.3. The van der Waals surface area contributed by atoms with Gasteiger partial charge in [-0.05, 0) is 174 Å². The molecule has 0 radical (unpaired) electrons. The molecule has 17 aromatic rings. The van der Waals surface area contributed by atoms with Crippen LogP contribution in [0.25, 0.3) is 149 Å². The van der Waals surface area contributed by atoms with Crippen molar-refractivity contribution < 1.29 is 13.6 Å². The maximum atomic E-state index is 9.88. The van der Waals surface area contributed by atoms with Crippen LogP contribution in [0.4, 0.5) is 0 Å². The molecule has 84 heavy (non-hydrogen) atoms. The Labute approximate surface area is 480 Å². The van der Waals surface area contributed by atoms with Crippen LogP contribution in [0.2, 0.25) is 0 Å². The van der Waals surface area contributed by atoms with Gasteiger partial charge >= 0.3 is 0 Å². The lowest BCUT2D eigenvalue weighted by Crippen LogP contribution is -2.58. The van der Waals surface area contributed by atoms with Gasteiger partial charge in [0.1, 0.15) is 33.8 Å². The van der Waals surface area contributed by atoms with E-state index < -0.39 is 0 Å². The normalized spacial score (nSPS) is 12.8. The summed E-state index contributed by atoms with van der Waals surface area (Å²) < 4.78 is 29.2. The number of hydrogen-bond donors (Lipinski definition) is 0. The predicted octanol–water partition coefficient (Wildman–Crippen LogP) is 17.8.